The topological polar surface area (TPSA) is 25.2 Å². The Morgan fingerprint density at radius 3 is 1.60 bits per heavy atom. The van der Waals surface area contributed by atoms with Gasteiger partial charge < -0.3 is 4.90 Å². The highest BCUT2D eigenvalue weighted by molar-refractivity contribution is 7.00. The summed E-state index contributed by atoms with van der Waals surface area (Å²) in [5.41, 5.74) is 15.7. The van der Waals surface area contributed by atoms with Crippen molar-refractivity contribution < 1.29 is 0 Å². The van der Waals surface area contributed by atoms with Crippen molar-refractivity contribution in [3.05, 3.63) is 198 Å². The number of fused-ring (bicyclic) bond motifs is 6. The maximum absolute atomic E-state index is 14.6. The zero-order valence-corrected chi connectivity index (χ0v) is 28.8. The quantitative estimate of drug-likeness (QED) is 0.137. The van der Waals surface area contributed by atoms with Crippen LogP contribution in [0.2, 0.25) is 0 Å². The third-order valence-corrected chi connectivity index (χ3v) is 11.2. The molecular formula is C49H31BN2O. The van der Waals surface area contributed by atoms with Gasteiger partial charge >= 0.3 is 0 Å². The van der Waals surface area contributed by atoms with Crippen molar-refractivity contribution in [1.82, 2.24) is 4.57 Å². The highest BCUT2D eigenvalue weighted by Crippen LogP contribution is 2.49. The monoisotopic (exact) mass is 674 g/mol. The van der Waals surface area contributed by atoms with Gasteiger partial charge in [0, 0.05) is 39.0 Å². The lowest BCUT2D eigenvalue weighted by Gasteiger charge is -2.42. The molecule has 0 amide bonds. The van der Waals surface area contributed by atoms with E-state index >= 15 is 0 Å². The third kappa shape index (κ3) is 4.33. The smallest absolute Gasteiger partial charge is 0.263 e. The Morgan fingerprint density at radius 1 is 0.396 bits per heavy atom. The molecule has 0 aliphatic carbocycles. The summed E-state index contributed by atoms with van der Waals surface area (Å²) in [6, 6.07) is 66.8. The van der Waals surface area contributed by atoms with Crippen LogP contribution in [0.15, 0.2) is 193 Å². The molecule has 3 heterocycles. The van der Waals surface area contributed by atoms with E-state index in [1.807, 2.05) is 22.8 Å². The number of aromatic nitrogens is 1. The minimum absolute atomic E-state index is 0.0139. The minimum Gasteiger partial charge on any atom is -0.310 e. The van der Waals surface area contributed by atoms with Crippen molar-refractivity contribution in [2.24, 2.45) is 0 Å². The van der Waals surface area contributed by atoms with Crippen LogP contribution in [-0.2, 0) is 0 Å². The zero-order valence-electron chi connectivity index (χ0n) is 28.8. The van der Waals surface area contributed by atoms with Gasteiger partial charge in [-0.15, -0.1) is 0 Å². The van der Waals surface area contributed by atoms with E-state index < -0.39 is 0 Å². The van der Waals surface area contributed by atoms with E-state index in [1.54, 1.807) is 0 Å². The molecule has 1 aromatic heterocycles. The highest BCUT2D eigenvalue weighted by atomic mass is 16.1. The molecule has 0 fully saturated rings. The van der Waals surface area contributed by atoms with Gasteiger partial charge in [0.2, 0.25) is 0 Å². The van der Waals surface area contributed by atoms with E-state index in [4.69, 9.17) is 0 Å². The number of benzene rings is 8. The van der Waals surface area contributed by atoms with Crippen LogP contribution in [0.3, 0.4) is 0 Å². The number of anilines is 3. The Balaban J connectivity index is 1.29. The molecule has 11 rings (SSSR count). The molecule has 0 atom stereocenters. The van der Waals surface area contributed by atoms with Gasteiger partial charge in [0.25, 0.3) is 12.3 Å². The fourth-order valence-corrected chi connectivity index (χ4v) is 8.98. The summed E-state index contributed by atoms with van der Waals surface area (Å²) >= 11 is 0. The zero-order chi connectivity index (χ0) is 35.0. The van der Waals surface area contributed by atoms with Gasteiger partial charge in [-0.3, -0.25) is 9.36 Å². The molecule has 53 heavy (non-hydrogen) atoms. The van der Waals surface area contributed by atoms with Gasteiger partial charge in [0.05, 0.1) is 11.2 Å². The molecule has 0 bridgehead atoms. The lowest BCUT2D eigenvalue weighted by molar-refractivity contribution is 1.06. The van der Waals surface area contributed by atoms with Crippen molar-refractivity contribution in [1.29, 1.82) is 0 Å². The number of hydrogen-bond acceptors (Lipinski definition) is 2. The number of nitrogens with zero attached hydrogens (tertiary/aromatic N) is 2. The van der Waals surface area contributed by atoms with Crippen molar-refractivity contribution in [3.8, 4) is 39.1 Å². The molecule has 0 saturated heterocycles. The molecule has 0 radical (unpaired) electrons. The van der Waals surface area contributed by atoms with Crippen LogP contribution in [0.4, 0.5) is 17.1 Å². The molecule has 0 spiro atoms. The van der Waals surface area contributed by atoms with Gasteiger partial charge in [-0.05, 0) is 80.4 Å². The van der Waals surface area contributed by atoms with Crippen LogP contribution in [0.5, 0.6) is 0 Å². The maximum atomic E-state index is 14.6. The van der Waals surface area contributed by atoms with E-state index in [2.05, 4.69) is 175 Å². The first kappa shape index (κ1) is 29.8. The average Bonchev–Trinajstić information content (AvgIpc) is 3.23. The summed E-state index contributed by atoms with van der Waals surface area (Å²) in [7, 11) is 0. The van der Waals surface area contributed by atoms with E-state index in [0.29, 0.717) is 0 Å². The van der Waals surface area contributed by atoms with Crippen LogP contribution in [-0.4, -0.2) is 11.3 Å². The van der Waals surface area contributed by atoms with Gasteiger partial charge in [-0.1, -0.05) is 152 Å². The SMILES string of the molecule is O=c1c2ccccc2c2cccc3c2n1-c1cccc2c1B3c1ccccc1N2c1c(-c2ccccc2)cc(-c2ccccc2)cc1-c1ccccc1. The summed E-state index contributed by atoms with van der Waals surface area (Å²) in [4.78, 5) is 17.1. The summed E-state index contributed by atoms with van der Waals surface area (Å²) in [6.45, 7) is -0.0538. The van der Waals surface area contributed by atoms with Gasteiger partial charge in [0.1, 0.15) is 0 Å². The van der Waals surface area contributed by atoms with Gasteiger partial charge in [-0.2, -0.15) is 0 Å². The Labute approximate surface area is 307 Å². The third-order valence-electron chi connectivity index (χ3n) is 11.2. The molecular weight excluding hydrogens is 643 g/mol. The minimum atomic E-state index is -0.0538. The van der Waals surface area contributed by atoms with Gasteiger partial charge in [-0.25, -0.2) is 0 Å². The maximum Gasteiger partial charge on any atom is 0.263 e. The molecule has 2 aliphatic heterocycles. The number of rotatable bonds is 4. The normalized spacial score (nSPS) is 12.5. The fraction of sp³-hybridized carbons (Fsp3) is 0. The lowest BCUT2D eigenvalue weighted by atomic mass is 9.33. The largest absolute Gasteiger partial charge is 0.310 e. The number of para-hydroxylation sites is 2. The van der Waals surface area contributed by atoms with Crippen molar-refractivity contribution in [2.75, 3.05) is 4.90 Å². The predicted molar refractivity (Wildman–Crippen MR) is 223 cm³/mol. The van der Waals surface area contributed by atoms with E-state index in [0.717, 1.165) is 83.2 Å². The highest BCUT2D eigenvalue weighted by Gasteiger charge is 2.42. The summed E-state index contributed by atoms with van der Waals surface area (Å²) < 4.78 is 1.99. The van der Waals surface area contributed by atoms with Crippen molar-refractivity contribution in [3.63, 3.8) is 0 Å². The van der Waals surface area contributed by atoms with E-state index in [-0.39, 0.29) is 12.3 Å². The molecule has 2 aliphatic rings. The first-order chi connectivity index (χ1) is 26.3. The molecule has 4 heteroatoms. The number of hydrogen-bond donors (Lipinski definition) is 0. The molecule has 3 nitrogen and oxygen atoms in total. The molecule has 0 unspecified atom stereocenters. The van der Waals surface area contributed by atoms with Crippen molar-refractivity contribution in [2.45, 2.75) is 0 Å². The van der Waals surface area contributed by atoms with Gasteiger partial charge in [0.15, 0.2) is 0 Å². The Kier molecular flexibility index (Phi) is 6.50. The van der Waals surface area contributed by atoms with Crippen LogP contribution in [0, 0.1) is 0 Å². The molecule has 246 valence electrons. The average molecular weight is 675 g/mol. The fourth-order valence-electron chi connectivity index (χ4n) is 8.98. The first-order valence-electron chi connectivity index (χ1n) is 18.2. The second-order valence-electron chi connectivity index (χ2n) is 14.0. The van der Waals surface area contributed by atoms with E-state index in [1.165, 1.54) is 11.0 Å². The first-order valence-corrected chi connectivity index (χ1v) is 18.2. The summed E-state index contributed by atoms with van der Waals surface area (Å²) in [5.74, 6) is 0. The van der Waals surface area contributed by atoms with Crippen molar-refractivity contribution >= 4 is 61.8 Å². The van der Waals surface area contributed by atoms with E-state index in [9.17, 15) is 4.79 Å². The van der Waals surface area contributed by atoms with Crippen LogP contribution < -0.4 is 26.8 Å². The standard InChI is InChI=1S/C49H31BN2O/c53-49-38-23-11-10-22-36(38)37-24-14-26-42-48(37)52(49)45-29-15-28-44-46(45)50(42)41-25-12-13-27-43(41)51(44)47-39(33-18-6-2-7-19-33)30-35(32-16-4-1-5-17-32)31-40(47)34-20-8-3-9-21-34/h1-31H. The Morgan fingerprint density at radius 2 is 0.906 bits per heavy atom. The summed E-state index contributed by atoms with van der Waals surface area (Å²) in [5, 5.41) is 2.83. The molecule has 8 aromatic carbocycles. The number of pyridine rings is 1. The van der Waals surface area contributed by atoms with Crippen LogP contribution in [0.25, 0.3) is 60.7 Å². The molecule has 9 aromatic rings. The van der Waals surface area contributed by atoms with Crippen LogP contribution >= 0.6 is 0 Å². The Bertz CT molecular complexity index is 2910. The second kappa shape index (κ2) is 11.6. The summed E-state index contributed by atoms with van der Waals surface area (Å²) in [6.07, 6.45) is 0. The lowest BCUT2D eigenvalue weighted by Crippen LogP contribution is -2.61. The van der Waals surface area contributed by atoms with Crippen LogP contribution in [0.1, 0.15) is 0 Å². The second-order valence-corrected chi connectivity index (χ2v) is 14.0. The molecule has 0 N–H and O–H groups in total. The Hall–Kier alpha value is -6.91. The predicted octanol–water partition coefficient (Wildman–Crippen LogP) is 9.76. The molecule has 0 saturated carbocycles.